The highest BCUT2D eigenvalue weighted by molar-refractivity contribution is 6.30. The molecular weight excluding hydrogens is 248 g/mol. The third-order valence-electron chi connectivity index (χ3n) is 2.47. The van der Waals surface area contributed by atoms with Gasteiger partial charge >= 0.3 is 5.97 Å². The normalized spacial score (nSPS) is 10.7. The molecule has 0 bridgehead atoms. The number of aromatic carboxylic acids is 1. The lowest BCUT2D eigenvalue weighted by Crippen LogP contribution is -1.95. The van der Waals surface area contributed by atoms with Gasteiger partial charge in [0.05, 0.1) is 5.56 Å². The van der Waals surface area contributed by atoms with Gasteiger partial charge in [0, 0.05) is 5.02 Å². The smallest absolute Gasteiger partial charge is 0.335 e. The maximum atomic E-state index is 10.8. The van der Waals surface area contributed by atoms with E-state index in [1.54, 1.807) is 18.2 Å². The quantitative estimate of drug-likeness (QED) is 0.838. The minimum Gasteiger partial charge on any atom is -0.478 e. The van der Waals surface area contributed by atoms with Crippen LogP contribution in [0.3, 0.4) is 0 Å². The average molecular weight is 259 g/mol. The molecule has 0 saturated heterocycles. The summed E-state index contributed by atoms with van der Waals surface area (Å²) in [7, 11) is 0. The average Bonchev–Trinajstić information content (AvgIpc) is 2.38. The molecule has 2 rings (SSSR count). The molecule has 2 aromatic carbocycles. The van der Waals surface area contributed by atoms with E-state index in [-0.39, 0.29) is 5.56 Å². The maximum absolute atomic E-state index is 10.8. The Kier molecular flexibility index (Phi) is 3.80. The van der Waals surface area contributed by atoms with E-state index < -0.39 is 5.97 Å². The SMILES string of the molecule is O=C(O)c1cccc(/C=C/c2ccc(Cl)cc2)c1. The Morgan fingerprint density at radius 1 is 1.00 bits per heavy atom. The summed E-state index contributed by atoms with van der Waals surface area (Å²) < 4.78 is 0. The van der Waals surface area contributed by atoms with Crippen molar-refractivity contribution in [2.24, 2.45) is 0 Å². The topological polar surface area (TPSA) is 37.3 Å². The number of carboxylic acids is 1. The summed E-state index contributed by atoms with van der Waals surface area (Å²) in [6.45, 7) is 0. The van der Waals surface area contributed by atoms with E-state index in [1.807, 2.05) is 42.5 Å². The van der Waals surface area contributed by atoms with Crippen molar-refractivity contribution in [3.63, 3.8) is 0 Å². The van der Waals surface area contributed by atoms with Gasteiger partial charge in [0.1, 0.15) is 0 Å². The number of halogens is 1. The standard InChI is InChI=1S/C15H11ClO2/c16-14-8-6-11(7-9-14)4-5-12-2-1-3-13(10-12)15(17)18/h1-10H,(H,17,18)/b5-4+. The highest BCUT2D eigenvalue weighted by Crippen LogP contribution is 2.13. The van der Waals surface area contributed by atoms with Gasteiger partial charge in [0.15, 0.2) is 0 Å². The Morgan fingerprint density at radius 3 is 2.33 bits per heavy atom. The third-order valence-corrected chi connectivity index (χ3v) is 2.72. The molecule has 0 aromatic heterocycles. The Labute approximate surface area is 110 Å². The fourth-order valence-corrected chi connectivity index (χ4v) is 1.67. The van der Waals surface area contributed by atoms with Gasteiger partial charge in [-0.15, -0.1) is 0 Å². The van der Waals surface area contributed by atoms with Gasteiger partial charge in [-0.3, -0.25) is 0 Å². The van der Waals surface area contributed by atoms with E-state index in [0.717, 1.165) is 11.1 Å². The van der Waals surface area contributed by atoms with Crippen molar-refractivity contribution in [3.8, 4) is 0 Å². The van der Waals surface area contributed by atoms with Crippen LogP contribution in [0.15, 0.2) is 48.5 Å². The zero-order valence-corrected chi connectivity index (χ0v) is 10.3. The Morgan fingerprint density at radius 2 is 1.67 bits per heavy atom. The molecule has 0 unspecified atom stereocenters. The van der Waals surface area contributed by atoms with Crippen LogP contribution < -0.4 is 0 Å². The first kappa shape index (κ1) is 12.4. The van der Waals surface area contributed by atoms with Crippen molar-refractivity contribution >= 4 is 29.7 Å². The van der Waals surface area contributed by atoms with Gasteiger partial charge in [0.25, 0.3) is 0 Å². The molecule has 0 atom stereocenters. The minimum atomic E-state index is -0.920. The zero-order chi connectivity index (χ0) is 13.0. The summed E-state index contributed by atoms with van der Waals surface area (Å²) in [5, 5.41) is 9.58. The molecule has 0 aliphatic rings. The van der Waals surface area contributed by atoms with E-state index in [0.29, 0.717) is 5.02 Å². The van der Waals surface area contributed by atoms with Crippen molar-refractivity contribution < 1.29 is 9.90 Å². The molecule has 3 heteroatoms. The van der Waals surface area contributed by atoms with Gasteiger partial charge in [-0.1, -0.05) is 48.0 Å². The van der Waals surface area contributed by atoms with E-state index in [1.165, 1.54) is 0 Å². The lowest BCUT2D eigenvalue weighted by Gasteiger charge is -1.97. The molecule has 1 N–H and O–H groups in total. The van der Waals surface area contributed by atoms with Crippen molar-refractivity contribution in [2.45, 2.75) is 0 Å². The fraction of sp³-hybridized carbons (Fsp3) is 0. The lowest BCUT2D eigenvalue weighted by molar-refractivity contribution is 0.0697. The summed E-state index contributed by atoms with van der Waals surface area (Å²) >= 11 is 5.80. The summed E-state index contributed by atoms with van der Waals surface area (Å²) in [5.74, 6) is -0.920. The molecule has 0 fully saturated rings. The Bertz CT molecular complexity index is 586. The first-order valence-electron chi connectivity index (χ1n) is 5.42. The molecule has 0 radical (unpaired) electrons. The molecule has 2 nitrogen and oxygen atoms in total. The zero-order valence-electron chi connectivity index (χ0n) is 9.51. The van der Waals surface area contributed by atoms with E-state index >= 15 is 0 Å². The molecule has 18 heavy (non-hydrogen) atoms. The number of carboxylic acid groups (broad SMARTS) is 1. The Hall–Kier alpha value is -2.06. The summed E-state index contributed by atoms with van der Waals surface area (Å²) in [4.78, 5) is 10.8. The first-order valence-corrected chi connectivity index (χ1v) is 5.80. The molecule has 2 aromatic rings. The van der Waals surface area contributed by atoms with Crippen LogP contribution >= 0.6 is 11.6 Å². The highest BCUT2D eigenvalue weighted by atomic mass is 35.5. The number of benzene rings is 2. The van der Waals surface area contributed by atoms with Crippen LogP contribution in [0, 0.1) is 0 Å². The molecule has 90 valence electrons. The maximum Gasteiger partial charge on any atom is 0.335 e. The van der Waals surface area contributed by atoms with Gasteiger partial charge < -0.3 is 5.11 Å². The van der Waals surface area contributed by atoms with Crippen LogP contribution in [0.2, 0.25) is 5.02 Å². The first-order chi connectivity index (χ1) is 8.65. The van der Waals surface area contributed by atoms with Gasteiger partial charge in [-0.25, -0.2) is 4.79 Å². The Balaban J connectivity index is 2.20. The third kappa shape index (κ3) is 3.22. The molecule has 0 spiro atoms. The van der Waals surface area contributed by atoms with E-state index in [2.05, 4.69) is 0 Å². The van der Waals surface area contributed by atoms with E-state index in [9.17, 15) is 4.79 Å². The molecule has 0 aliphatic carbocycles. The van der Waals surface area contributed by atoms with Crippen LogP contribution in [-0.2, 0) is 0 Å². The predicted molar refractivity (Wildman–Crippen MR) is 73.8 cm³/mol. The van der Waals surface area contributed by atoms with Crippen molar-refractivity contribution in [3.05, 3.63) is 70.2 Å². The molecule has 0 saturated carbocycles. The molecule has 0 heterocycles. The monoisotopic (exact) mass is 258 g/mol. The second-order valence-corrected chi connectivity index (χ2v) is 4.25. The highest BCUT2D eigenvalue weighted by Gasteiger charge is 2.00. The number of hydrogen-bond donors (Lipinski definition) is 1. The minimum absolute atomic E-state index is 0.285. The van der Waals surface area contributed by atoms with Crippen LogP contribution in [0.5, 0.6) is 0 Å². The van der Waals surface area contributed by atoms with Crippen LogP contribution in [0.4, 0.5) is 0 Å². The summed E-state index contributed by atoms with van der Waals surface area (Å²) in [6.07, 6.45) is 3.78. The fourth-order valence-electron chi connectivity index (χ4n) is 1.54. The van der Waals surface area contributed by atoms with Gasteiger partial charge in [-0.2, -0.15) is 0 Å². The van der Waals surface area contributed by atoms with Crippen LogP contribution in [-0.4, -0.2) is 11.1 Å². The summed E-state index contributed by atoms with van der Waals surface area (Å²) in [6, 6.07) is 14.2. The van der Waals surface area contributed by atoms with Gasteiger partial charge in [-0.05, 0) is 35.4 Å². The van der Waals surface area contributed by atoms with E-state index in [4.69, 9.17) is 16.7 Å². The summed E-state index contributed by atoms with van der Waals surface area (Å²) in [5.41, 5.74) is 2.15. The van der Waals surface area contributed by atoms with Crippen LogP contribution in [0.1, 0.15) is 21.5 Å². The lowest BCUT2D eigenvalue weighted by atomic mass is 10.1. The number of carbonyl (C=O) groups is 1. The van der Waals surface area contributed by atoms with Crippen molar-refractivity contribution in [1.82, 2.24) is 0 Å². The second-order valence-electron chi connectivity index (χ2n) is 3.82. The van der Waals surface area contributed by atoms with Gasteiger partial charge in [0.2, 0.25) is 0 Å². The van der Waals surface area contributed by atoms with Crippen molar-refractivity contribution in [2.75, 3.05) is 0 Å². The molecule has 0 aliphatic heterocycles. The number of rotatable bonds is 3. The molecular formula is C15H11ClO2. The molecule has 0 amide bonds. The van der Waals surface area contributed by atoms with Crippen molar-refractivity contribution in [1.29, 1.82) is 0 Å². The largest absolute Gasteiger partial charge is 0.478 e. The van der Waals surface area contributed by atoms with Crippen LogP contribution in [0.25, 0.3) is 12.2 Å². The number of hydrogen-bond acceptors (Lipinski definition) is 1. The predicted octanol–water partition coefficient (Wildman–Crippen LogP) is 4.21. The second kappa shape index (κ2) is 5.52.